The van der Waals surface area contributed by atoms with E-state index in [4.69, 9.17) is 0 Å². The van der Waals surface area contributed by atoms with Crippen molar-refractivity contribution < 1.29 is 18.3 Å². The van der Waals surface area contributed by atoms with Gasteiger partial charge < -0.3 is 9.29 Å². The first kappa shape index (κ1) is 16.2. The third-order valence-corrected chi connectivity index (χ3v) is 3.55. The lowest BCUT2D eigenvalue weighted by Crippen LogP contribution is -2.25. The SMILES string of the molecule is COC(=O)c1ccc(CN(Cc2ccccc2)S(=O)[O-])nn1. The second-order valence-corrected chi connectivity index (χ2v) is 5.35. The average molecular weight is 320 g/mol. The predicted octanol–water partition coefficient (Wildman–Crippen LogP) is 1.06. The summed E-state index contributed by atoms with van der Waals surface area (Å²) in [5.74, 6) is -0.590. The number of nitrogens with zero attached hydrogens (tertiary/aromatic N) is 3. The van der Waals surface area contributed by atoms with Crippen molar-refractivity contribution in [3.8, 4) is 0 Å². The Labute approximate surface area is 130 Å². The molecule has 116 valence electrons. The molecular weight excluding hydrogens is 306 g/mol. The van der Waals surface area contributed by atoms with E-state index < -0.39 is 17.2 Å². The predicted molar refractivity (Wildman–Crippen MR) is 78.0 cm³/mol. The van der Waals surface area contributed by atoms with Gasteiger partial charge in [0.25, 0.3) is 0 Å². The van der Waals surface area contributed by atoms with Crippen molar-refractivity contribution in [1.29, 1.82) is 0 Å². The molecule has 2 rings (SSSR count). The number of rotatable bonds is 6. The smallest absolute Gasteiger partial charge is 0.358 e. The molecule has 8 heteroatoms. The van der Waals surface area contributed by atoms with Crippen molar-refractivity contribution in [2.75, 3.05) is 7.11 Å². The maximum Gasteiger partial charge on any atom is 0.358 e. The highest BCUT2D eigenvalue weighted by molar-refractivity contribution is 7.76. The summed E-state index contributed by atoms with van der Waals surface area (Å²) in [6, 6.07) is 12.2. The minimum atomic E-state index is -2.40. The van der Waals surface area contributed by atoms with E-state index in [-0.39, 0.29) is 18.8 Å². The van der Waals surface area contributed by atoms with Crippen LogP contribution in [0.15, 0.2) is 42.5 Å². The number of carbonyl (C=O) groups excluding carboxylic acids is 1. The Morgan fingerprint density at radius 3 is 2.45 bits per heavy atom. The maximum absolute atomic E-state index is 11.3. The van der Waals surface area contributed by atoms with Gasteiger partial charge >= 0.3 is 5.97 Å². The molecule has 0 fully saturated rings. The zero-order valence-corrected chi connectivity index (χ0v) is 12.7. The van der Waals surface area contributed by atoms with Gasteiger partial charge in [-0.15, -0.1) is 5.10 Å². The molecule has 0 radical (unpaired) electrons. The van der Waals surface area contributed by atoms with Crippen molar-refractivity contribution in [3.63, 3.8) is 0 Å². The van der Waals surface area contributed by atoms with E-state index in [0.717, 1.165) is 5.56 Å². The van der Waals surface area contributed by atoms with Crippen LogP contribution < -0.4 is 0 Å². The van der Waals surface area contributed by atoms with Crippen molar-refractivity contribution in [2.45, 2.75) is 13.1 Å². The van der Waals surface area contributed by atoms with Crippen LogP contribution in [0.5, 0.6) is 0 Å². The number of hydrogen-bond donors (Lipinski definition) is 0. The van der Waals surface area contributed by atoms with Crippen LogP contribution in [0, 0.1) is 0 Å². The Bertz CT molecular complexity index is 649. The summed E-state index contributed by atoms with van der Waals surface area (Å²) in [6.07, 6.45) is 0. The number of carbonyl (C=O) groups is 1. The number of esters is 1. The fourth-order valence-electron chi connectivity index (χ4n) is 1.79. The zero-order valence-electron chi connectivity index (χ0n) is 11.8. The Morgan fingerprint density at radius 2 is 1.91 bits per heavy atom. The van der Waals surface area contributed by atoms with E-state index in [1.54, 1.807) is 6.07 Å². The standard InChI is InChI=1S/C14H15N3O4S/c1-21-14(18)13-8-7-12(15-16-13)10-17(22(19)20)9-11-5-3-2-4-6-11/h2-8H,9-10H2,1H3,(H,19,20)/p-1. The van der Waals surface area contributed by atoms with Crippen LogP contribution in [-0.4, -0.2) is 36.3 Å². The van der Waals surface area contributed by atoms with E-state index in [9.17, 15) is 13.6 Å². The monoisotopic (exact) mass is 320 g/mol. The molecule has 22 heavy (non-hydrogen) atoms. The number of ether oxygens (including phenoxy) is 1. The first-order chi connectivity index (χ1) is 10.6. The number of hydrogen-bond acceptors (Lipinski definition) is 6. The first-order valence-electron chi connectivity index (χ1n) is 6.39. The third kappa shape index (κ3) is 4.42. The van der Waals surface area contributed by atoms with Crippen molar-refractivity contribution in [2.24, 2.45) is 0 Å². The second-order valence-electron chi connectivity index (χ2n) is 4.40. The summed E-state index contributed by atoms with van der Waals surface area (Å²) in [4.78, 5) is 11.3. The quantitative estimate of drug-likeness (QED) is 0.583. The highest BCUT2D eigenvalue weighted by atomic mass is 32.2. The van der Waals surface area contributed by atoms with Crippen LogP contribution in [-0.2, 0) is 29.1 Å². The summed E-state index contributed by atoms with van der Waals surface area (Å²) in [5.41, 5.74) is 1.38. The number of aromatic nitrogens is 2. The van der Waals surface area contributed by atoms with Crippen LogP contribution in [0.4, 0.5) is 0 Å². The third-order valence-electron chi connectivity index (χ3n) is 2.87. The van der Waals surface area contributed by atoms with Crippen molar-refractivity contribution >= 4 is 17.2 Å². The lowest BCUT2D eigenvalue weighted by molar-refractivity contribution is 0.0592. The molecule has 7 nitrogen and oxygen atoms in total. The van der Waals surface area contributed by atoms with Gasteiger partial charge in [-0.05, 0) is 17.7 Å². The van der Waals surface area contributed by atoms with Gasteiger partial charge in [0.2, 0.25) is 0 Å². The highest BCUT2D eigenvalue weighted by Gasteiger charge is 2.11. The normalized spacial score (nSPS) is 12.1. The van der Waals surface area contributed by atoms with Gasteiger partial charge in [-0.25, -0.2) is 9.10 Å². The molecule has 0 aliphatic heterocycles. The fraction of sp³-hybridized carbons (Fsp3) is 0.214. The molecule has 1 aromatic heterocycles. The molecule has 1 heterocycles. The minimum Gasteiger partial charge on any atom is -0.760 e. The topological polar surface area (TPSA) is 95.5 Å². The molecule has 0 amide bonds. The molecule has 0 aliphatic rings. The number of methoxy groups -OCH3 is 1. The summed E-state index contributed by atoms with van der Waals surface area (Å²) < 4.78 is 28.4. The largest absolute Gasteiger partial charge is 0.760 e. The van der Waals surface area contributed by atoms with Crippen LogP contribution in [0.25, 0.3) is 0 Å². The highest BCUT2D eigenvalue weighted by Crippen LogP contribution is 2.10. The van der Waals surface area contributed by atoms with Gasteiger partial charge in [0.05, 0.1) is 19.3 Å². The maximum atomic E-state index is 11.3. The van der Waals surface area contributed by atoms with Gasteiger partial charge in [-0.3, -0.25) is 4.21 Å². The van der Waals surface area contributed by atoms with Crippen LogP contribution in [0.2, 0.25) is 0 Å². The van der Waals surface area contributed by atoms with E-state index in [0.29, 0.717) is 5.69 Å². The van der Waals surface area contributed by atoms with E-state index in [1.807, 2.05) is 30.3 Å². The van der Waals surface area contributed by atoms with Gasteiger partial charge in [0.1, 0.15) is 0 Å². The van der Waals surface area contributed by atoms with Crippen LogP contribution in [0.1, 0.15) is 21.7 Å². The summed E-state index contributed by atoms with van der Waals surface area (Å²) >= 11 is -2.40. The van der Waals surface area contributed by atoms with E-state index >= 15 is 0 Å². The molecule has 0 saturated heterocycles. The molecule has 0 spiro atoms. The van der Waals surface area contributed by atoms with Crippen LogP contribution in [0.3, 0.4) is 0 Å². The van der Waals surface area contributed by atoms with E-state index in [2.05, 4.69) is 14.9 Å². The van der Waals surface area contributed by atoms with E-state index in [1.165, 1.54) is 17.5 Å². The lowest BCUT2D eigenvalue weighted by atomic mass is 10.2. The Balaban J connectivity index is 2.08. The summed E-state index contributed by atoms with van der Waals surface area (Å²) in [6.45, 7) is 0.302. The minimum absolute atomic E-state index is 0.0689. The Hall–Kier alpha value is -2.16. The van der Waals surface area contributed by atoms with Gasteiger partial charge in [0, 0.05) is 17.8 Å². The molecular formula is C14H14N3O4S-. The number of benzene rings is 1. The van der Waals surface area contributed by atoms with Gasteiger partial charge in [-0.2, -0.15) is 5.10 Å². The molecule has 0 N–H and O–H groups in total. The van der Waals surface area contributed by atoms with Crippen LogP contribution >= 0.6 is 0 Å². The molecule has 0 bridgehead atoms. The molecule has 1 atom stereocenters. The average Bonchev–Trinajstić information content (AvgIpc) is 2.55. The van der Waals surface area contributed by atoms with Crippen molar-refractivity contribution in [3.05, 3.63) is 59.4 Å². The first-order valence-corrected chi connectivity index (χ1v) is 7.42. The Kier molecular flexibility index (Phi) is 5.70. The second kappa shape index (κ2) is 7.74. The molecule has 0 aliphatic carbocycles. The Morgan fingerprint density at radius 1 is 1.18 bits per heavy atom. The summed E-state index contributed by atoms with van der Waals surface area (Å²) in [7, 11) is 1.25. The van der Waals surface area contributed by atoms with Crippen molar-refractivity contribution in [1.82, 2.24) is 14.5 Å². The van der Waals surface area contributed by atoms with Gasteiger partial charge in [0.15, 0.2) is 5.69 Å². The zero-order chi connectivity index (χ0) is 15.9. The fourth-order valence-corrected chi connectivity index (χ4v) is 2.28. The molecule has 2 aromatic rings. The molecule has 0 saturated carbocycles. The molecule has 1 aromatic carbocycles. The van der Waals surface area contributed by atoms with Gasteiger partial charge in [-0.1, -0.05) is 30.3 Å². The summed E-state index contributed by atoms with van der Waals surface area (Å²) in [5, 5.41) is 7.56. The lowest BCUT2D eigenvalue weighted by Gasteiger charge is -2.23. The molecule has 1 unspecified atom stereocenters.